The first-order valence-corrected chi connectivity index (χ1v) is 4.22. The monoisotopic (exact) mass is 163 g/mol. The molecule has 3 heteroatoms. The van der Waals surface area contributed by atoms with Gasteiger partial charge in [0.2, 0.25) is 0 Å². The molecular weight excluding hydrogens is 150 g/mol. The Bertz CT molecular complexity index is 262. The summed E-state index contributed by atoms with van der Waals surface area (Å²) < 4.78 is 0. The van der Waals surface area contributed by atoms with E-state index in [0.29, 0.717) is 5.82 Å². The molecule has 0 saturated carbocycles. The molecule has 0 spiro atoms. The molecule has 0 atom stereocenters. The van der Waals surface area contributed by atoms with E-state index in [1.807, 2.05) is 18.3 Å². The zero-order valence-electron chi connectivity index (χ0n) is 7.20. The Balaban J connectivity index is 2.09. The van der Waals surface area contributed by atoms with Crippen LogP contribution in [0.2, 0.25) is 0 Å². The number of hydrogen-bond acceptors (Lipinski definition) is 3. The van der Waals surface area contributed by atoms with Crippen LogP contribution in [0.15, 0.2) is 18.3 Å². The van der Waals surface area contributed by atoms with Gasteiger partial charge in [-0.05, 0) is 18.1 Å². The summed E-state index contributed by atoms with van der Waals surface area (Å²) in [5.74, 6) is 1.41. The predicted octanol–water partition coefficient (Wildman–Crippen LogP) is 1.12. The molecule has 1 fully saturated rings. The van der Waals surface area contributed by atoms with Gasteiger partial charge < -0.3 is 10.6 Å². The second kappa shape index (κ2) is 2.66. The van der Waals surface area contributed by atoms with Crippen molar-refractivity contribution in [1.29, 1.82) is 0 Å². The first kappa shape index (κ1) is 7.40. The lowest BCUT2D eigenvalue weighted by Crippen LogP contribution is -2.45. The van der Waals surface area contributed by atoms with Crippen molar-refractivity contribution in [2.24, 2.45) is 5.92 Å². The predicted molar refractivity (Wildman–Crippen MR) is 50.0 cm³/mol. The molecule has 12 heavy (non-hydrogen) atoms. The summed E-state index contributed by atoms with van der Waals surface area (Å²) in [6.45, 7) is 4.54. The average molecular weight is 163 g/mol. The second-order valence-corrected chi connectivity index (χ2v) is 3.45. The number of pyridine rings is 1. The molecular formula is C9H13N3. The molecule has 2 N–H and O–H groups in total. The van der Waals surface area contributed by atoms with E-state index in [1.165, 1.54) is 5.69 Å². The maximum absolute atomic E-state index is 5.48. The molecule has 0 aliphatic carbocycles. The largest absolute Gasteiger partial charge is 0.384 e. The average Bonchev–Trinajstić information content (AvgIpc) is 2.01. The summed E-state index contributed by atoms with van der Waals surface area (Å²) in [7, 11) is 0. The van der Waals surface area contributed by atoms with Gasteiger partial charge >= 0.3 is 0 Å². The minimum Gasteiger partial charge on any atom is -0.384 e. The third kappa shape index (κ3) is 1.22. The molecule has 1 aliphatic heterocycles. The molecule has 2 heterocycles. The quantitative estimate of drug-likeness (QED) is 0.674. The summed E-state index contributed by atoms with van der Waals surface area (Å²) in [4.78, 5) is 6.35. The van der Waals surface area contributed by atoms with Gasteiger partial charge in [0.25, 0.3) is 0 Å². The van der Waals surface area contributed by atoms with Crippen LogP contribution in [0.25, 0.3) is 0 Å². The molecule has 3 nitrogen and oxygen atoms in total. The van der Waals surface area contributed by atoms with Crippen molar-refractivity contribution in [2.45, 2.75) is 6.92 Å². The van der Waals surface area contributed by atoms with E-state index in [2.05, 4.69) is 16.8 Å². The zero-order valence-corrected chi connectivity index (χ0v) is 7.20. The van der Waals surface area contributed by atoms with E-state index in [4.69, 9.17) is 5.73 Å². The Kier molecular flexibility index (Phi) is 1.64. The van der Waals surface area contributed by atoms with Gasteiger partial charge in [-0.25, -0.2) is 4.98 Å². The van der Waals surface area contributed by atoms with Crippen LogP contribution in [-0.2, 0) is 0 Å². The van der Waals surface area contributed by atoms with Crippen molar-refractivity contribution >= 4 is 11.5 Å². The third-order valence-corrected chi connectivity index (χ3v) is 2.20. The van der Waals surface area contributed by atoms with Crippen molar-refractivity contribution in [3.05, 3.63) is 18.3 Å². The number of nitrogens with zero attached hydrogens (tertiary/aromatic N) is 2. The molecule has 0 bridgehead atoms. The SMILES string of the molecule is CC1CN(c2ccc(N)nc2)C1. The Morgan fingerprint density at radius 2 is 2.25 bits per heavy atom. The summed E-state index contributed by atoms with van der Waals surface area (Å²) in [6.07, 6.45) is 1.83. The Labute approximate surface area is 72.2 Å². The van der Waals surface area contributed by atoms with Crippen molar-refractivity contribution in [3.63, 3.8) is 0 Å². The highest BCUT2D eigenvalue weighted by Gasteiger charge is 2.22. The second-order valence-electron chi connectivity index (χ2n) is 3.45. The van der Waals surface area contributed by atoms with Gasteiger partial charge in [-0.3, -0.25) is 0 Å². The van der Waals surface area contributed by atoms with E-state index < -0.39 is 0 Å². The van der Waals surface area contributed by atoms with Crippen LogP contribution in [0, 0.1) is 5.92 Å². The fourth-order valence-corrected chi connectivity index (χ4v) is 1.49. The topological polar surface area (TPSA) is 42.1 Å². The molecule has 0 amide bonds. The number of aromatic nitrogens is 1. The van der Waals surface area contributed by atoms with Crippen molar-refractivity contribution in [2.75, 3.05) is 23.7 Å². The zero-order chi connectivity index (χ0) is 8.55. The highest BCUT2D eigenvalue weighted by Crippen LogP contribution is 2.23. The number of rotatable bonds is 1. The van der Waals surface area contributed by atoms with Crippen molar-refractivity contribution in [1.82, 2.24) is 4.98 Å². The van der Waals surface area contributed by atoms with Gasteiger partial charge in [-0.2, -0.15) is 0 Å². The highest BCUT2D eigenvalue weighted by atomic mass is 15.2. The molecule has 1 aromatic rings. The number of nitrogen functional groups attached to an aromatic ring is 1. The number of nitrogens with two attached hydrogens (primary N) is 1. The molecule has 1 aromatic heterocycles. The van der Waals surface area contributed by atoms with Gasteiger partial charge in [0.15, 0.2) is 0 Å². The van der Waals surface area contributed by atoms with Crippen LogP contribution < -0.4 is 10.6 Å². The summed E-state index contributed by atoms with van der Waals surface area (Å²) >= 11 is 0. The Hall–Kier alpha value is -1.25. The van der Waals surface area contributed by atoms with Gasteiger partial charge in [-0.15, -0.1) is 0 Å². The molecule has 64 valence electrons. The van der Waals surface area contributed by atoms with Crippen molar-refractivity contribution < 1.29 is 0 Å². The highest BCUT2D eigenvalue weighted by molar-refractivity contribution is 5.49. The molecule has 0 unspecified atom stereocenters. The lowest BCUT2D eigenvalue weighted by Gasteiger charge is -2.38. The molecule has 1 saturated heterocycles. The van der Waals surface area contributed by atoms with Crippen LogP contribution >= 0.6 is 0 Å². The first-order valence-electron chi connectivity index (χ1n) is 4.22. The Morgan fingerprint density at radius 3 is 2.75 bits per heavy atom. The van der Waals surface area contributed by atoms with Gasteiger partial charge in [0, 0.05) is 13.1 Å². The van der Waals surface area contributed by atoms with Crippen LogP contribution in [-0.4, -0.2) is 18.1 Å². The van der Waals surface area contributed by atoms with Crippen molar-refractivity contribution in [3.8, 4) is 0 Å². The minimum absolute atomic E-state index is 0.590. The smallest absolute Gasteiger partial charge is 0.123 e. The fraction of sp³-hybridized carbons (Fsp3) is 0.444. The molecule has 2 rings (SSSR count). The molecule has 1 aliphatic rings. The van der Waals surface area contributed by atoms with E-state index >= 15 is 0 Å². The van der Waals surface area contributed by atoms with E-state index in [1.54, 1.807) is 0 Å². The number of hydrogen-bond donors (Lipinski definition) is 1. The van der Waals surface area contributed by atoms with Gasteiger partial charge in [0.1, 0.15) is 5.82 Å². The van der Waals surface area contributed by atoms with E-state index in [0.717, 1.165) is 19.0 Å². The summed E-state index contributed by atoms with van der Waals surface area (Å²) in [6, 6.07) is 3.87. The fourth-order valence-electron chi connectivity index (χ4n) is 1.49. The Morgan fingerprint density at radius 1 is 1.50 bits per heavy atom. The van der Waals surface area contributed by atoms with Crippen LogP contribution in [0.5, 0.6) is 0 Å². The standard InChI is InChI=1S/C9H13N3/c1-7-5-12(6-7)8-2-3-9(10)11-4-8/h2-4,7H,5-6H2,1H3,(H2,10,11). The molecule has 0 aromatic carbocycles. The van der Waals surface area contributed by atoms with Gasteiger partial charge in [0.05, 0.1) is 11.9 Å². The normalized spacial score (nSPS) is 17.6. The third-order valence-electron chi connectivity index (χ3n) is 2.20. The summed E-state index contributed by atoms with van der Waals surface area (Å²) in [5, 5.41) is 0. The van der Waals surface area contributed by atoms with E-state index in [-0.39, 0.29) is 0 Å². The first-order chi connectivity index (χ1) is 5.75. The summed E-state index contributed by atoms with van der Waals surface area (Å²) in [5.41, 5.74) is 6.67. The lowest BCUT2D eigenvalue weighted by molar-refractivity contribution is 0.447. The molecule has 0 radical (unpaired) electrons. The maximum atomic E-state index is 5.48. The van der Waals surface area contributed by atoms with Crippen LogP contribution in [0.3, 0.4) is 0 Å². The van der Waals surface area contributed by atoms with E-state index in [9.17, 15) is 0 Å². The minimum atomic E-state index is 0.590. The van der Waals surface area contributed by atoms with Crippen LogP contribution in [0.4, 0.5) is 11.5 Å². The maximum Gasteiger partial charge on any atom is 0.123 e. The lowest BCUT2D eigenvalue weighted by atomic mass is 10.0. The van der Waals surface area contributed by atoms with Crippen LogP contribution in [0.1, 0.15) is 6.92 Å². The van der Waals surface area contributed by atoms with Gasteiger partial charge in [-0.1, -0.05) is 6.92 Å². The number of anilines is 2.